The zero-order valence-electron chi connectivity index (χ0n) is 22.3. The average molecular weight is 537 g/mol. The van der Waals surface area contributed by atoms with Crippen molar-refractivity contribution in [3.63, 3.8) is 0 Å². The van der Waals surface area contributed by atoms with Gasteiger partial charge >= 0.3 is 18.0 Å². The molecule has 3 aromatic rings. The quantitative estimate of drug-likeness (QED) is 0.285. The van der Waals surface area contributed by atoms with E-state index in [1.165, 1.54) is 25.3 Å². The van der Waals surface area contributed by atoms with E-state index in [-0.39, 0.29) is 24.7 Å². The molecule has 0 aliphatic heterocycles. The summed E-state index contributed by atoms with van der Waals surface area (Å²) < 4.78 is 22.2. The standard InChI is InChI=1S/C29H32N2O8/c1-19(2)26(30-29(35)38-18-21-8-6-5-7-9-21)28(34)39-20(3)31-16-23(12-15-25(31)32)27(33)37-17-22-10-13-24(36-4)14-11-22/h5-16,19-20,26H,17-18H2,1-4H3,(H,30,35)/t20?,26-/m0/s1. The molecule has 2 aromatic carbocycles. The summed E-state index contributed by atoms with van der Waals surface area (Å²) in [7, 11) is 1.56. The van der Waals surface area contributed by atoms with Gasteiger partial charge in [-0.2, -0.15) is 0 Å². The summed E-state index contributed by atoms with van der Waals surface area (Å²) in [5, 5.41) is 2.52. The highest BCUT2D eigenvalue weighted by atomic mass is 16.6. The predicted molar refractivity (Wildman–Crippen MR) is 142 cm³/mol. The van der Waals surface area contributed by atoms with Crippen molar-refractivity contribution in [2.24, 2.45) is 5.92 Å². The van der Waals surface area contributed by atoms with Crippen LogP contribution in [0.25, 0.3) is 0 Å². The van der Waals surface area contributed by atoms with Crippen molar-refractivity contribution in [3.05, 3.63) is 100.0 Å². The number of aromatic nitrogens is 1. The van der Waals surface area contributed by atoms with Crippen molar-refractivity contribution >= 4 is 18.0 Å². The van der Waals surface area contributed by atoms with E-state index in [1.807, 2.05) is 30.3 Å². The van der Waals surface area contributed by atoms with Crippen LogP contribution in [0.15, 0.2) is 77.7 Å². The second-order valence-electron chi connectivity index (χ2n) is 9.05. The first-order chi connectivity index (χ1) is 18.7. The topological polar surface area (TPSA) is 122 Å². The monoisotopic (exact) mass is 536 g/mol. The number of ether oxygens (including phenoxy) is 4. The van der Waals surface area contributed by atoms with Crippen molar-refractivity contribution in [1.82, 2.24) is 9.88 Å². The number of carbonyl (C=O) groups excluding carboxylic acids is 3. The summed E-state index contributed by atoms with van der Waals surface area (Å²) in [5.74, 6) is -1.06. The van der Waals surface area contributed by atoms with Crippen molar-refractivity contribution in [2.45, 2.75) is 46.3 Å². The second kappa shape index (κ2) is 13.8. The molecule has 0 bridgehead atoms. The van der Waals surface area contributed by atoms with Gasteiger partial charge in [0.05, 0.1) is 12.7 Å². The highest BCUT2D eigenvalue weighted by molar-refractivity contribution is 5.89. The van der Waals surface area contributed by atoms with Gasteiger partial charge in [0, 0.05) is 12.3 Å². The summed E-state index contributed by atoms with van der Waals surface area (Å²) in [6, 6.07) is 17.7. The van der Waals surface area contributed by atoms with Crippen LogP contribution in [0.4, 0.5) is 4.79 Å². The Kier molecular flexibility index (Phi) is 10.3. The maximum Gasteiger partial charge on any atom is 0.408 e. The van der Waals surface area contributed by atoms with Crippen molar-refractivity contribution < 1.29 is 33.3 Å². The molecular formula is C29H32N2O8. The van der Waals surface area contributed by atoms with Crippen LogP contribution in [0, 0.1) is 5.92 Å². The first-order valence-corrected chi connectivity index (χ1v) is 12.4. The molecule has 0 spiro atoms. The van der Waals surface area contributed by atoms with Gasteiger partial charge in [0.2, 0.25) is 0 Å². The molecule has 10 nitrogen and oxygen atoms in total. The first-order valence-electron chi connectivity index (χ1n) is 12.4. The van der Waals surface area contributed by atoms with Crippen LogP contribution < -0.4 is 15.6 Å². The molecule has 1 amide bonds. The molecule has 1 N–H and O–H groups in total. The SMILES string of the molecule is COc1ccc(COC(=O)c2ccc(=O)n(C(C)OC(=O)[C@@H](NC(=O)OCc3ccccc3)C(C)C)c2)cc1. The minimum absolute atomic E-state index is 0.0224. The van der Waals surface area contributed by atoms with Gasteiger partial charge in [0.15, 0.2) is 6.23 Å². The lowest BCUT2D eigenvalue weighted by Crippen LogP contribution is -2.46. The third kappa shape index (κ3) is 8.46. The van der Waals surface area contributed by atoms with Crippen LogP contribution in [0.5, 0.6) is 5.75 Å². The number of nitrogens with zero attached hydrogens (tertiary/aromatic N) is 1. The Morgan fingerprint density at radius 2 is 1.49 bits per heavy atom. The number of alkyl carbamates (subject to hydrolysis) is 1. The molecule has 2 atom stereocenters. The molecular weight excluding hydrogens is 504 g/mol. The fourth-order valence-electron chi connectivity index (χ4n) is 3.55. The number of nitrogens with one attached hydrogen (secondary N) is 1. The molecule has 1 unspecified atom stereocenters. The second-order valence-corrected chi connectivity index (χ2v) is 9.05. The number of methoxy groups -OCH3 is 1. The van der Waals surface area contributed by atoms with E-state index in [9.17, 15) is 19.2 Å². The van der Waals surface area contributed by atoms with Crippen molar-refractivity contribution in [1.29, 1.82) is 0 Å². The third-order valence-electron chi connectivity index (χ3n) is 5.79. The van der Waals surface area contributed by atoms with Gasteiger partial charge in [-0.25, -0.2) is 14.4 Å². The lowest BCUT2D eigenvalue weighted by molar-refractivity contribution is -0.156. The summed E-state index contributed by atoms with van der Waals surface area (Å²) in [4.78, 5) is 50.3. The van der Waals surface area contributed by atoms with Gasteiger partial charge in [-0.05, 0) is 42.2 Å². The van der Waals surface area contributed by atoms with E-state index in [2.05, 4.69) is 5.32 Å². The first kappa shape index (κ1) is 29.0. The molecule has 1 heterocycles. The normalized spacial score (nSPS) is 12.2. The fourth-order valence-corrected chi connectivity index (χ4v) is 3.55. The zero-order valence-corrected chi connectivity index (χ0v) is 22.3. The Balaban J connectivity index is 1.61. The number of amides is 1. The largest absolute Gasteiger partial charge is 0.497 e. The molecule has 0 saturated carbocycles. The number of pyridine rings is 1. The Hall–Kier alpha value is -4.60. The lowest BCUT2D eigenvalue weighted by Gasteiger charge is -2.24. The van der Waals surface area contributed by atoms with E-state index >= 15 is 0 Å². The maximum atomic E-state index is 12.9. The molecule has 0 fully saturated rings. The molecule has 3 rings (SSSR count). The third-order valence-corrected chi connectivity index (χ3v) is 5.79. The van der Waals surface area contributed by atoms with Gasteiger partial charge in [-0.3, -0.25) is 9.36 Å². The van der Waals surface area contributed by atoms with Crippen LogP contribution in [0.3, 0.4) is 0 Å². The van der Waals surface area contributed by atoms with Gasteiger partial charge in [0.25, 0.3) is 5.56 Å². The number of carbonyl (C=O) groups is 3. The van der Waals surface area contributed by atoms with E-state index in [0.29, 0.717) is 5.75 Å². The summed E-state index contributed by atoms with van der Waals surface area (Å²) >= 11 is 0. The molecule has 206 valence electrons. The fraction of sp³-hybridized carbons (Fsp3) is 0.310. The van der Waals surface area contributed by atoms with Crippen LogP contribution in [0.1, 0.15) is 48.5 Å². The Bertz CT molecular complexity index is 1320. The molecule has 0 aliphatic carbocycles. The maximum absolute atomic E-state index is 12.9. The highest BCUT2D eigenvalue weighted by Crippen LogP contribution is 2.15. The molecule has 0 radical (unpaired) electrons. The number of hydrogen-bond acceptors (Lipinski definition) is 8. The molecule has 10 heteroatoms. The van der Waals surface area contributed by atoms with Crippen LogP contribution in [0.2, 0.25) is 0 Å². The zero-order chi connectivity index (χ0) is 28.4. The number of hydrogen-bond donors (Lipinski definition) is 1. The van der Waals surface area contributed by atoms with Crippen molar-refractivity contribution in [3.8, 4) is 5.75 Å². The van der Waals surface area contributed by atoms with E-state index in [0.717, 1.165) is 15.7 Å². The van der Waals surface area contributed by atoms with Crippen molar-refractivity contribution in [2.75, 3.05) is 7.11 Å². The number of rotatable bonds is 11. The number of esters is 2. The minimum atomic E-state index is -1.07. The summed E-state index contributed by atoms with van der Waals surface area (Å²) in [6.07, 6.45) is -0.577. The van der Waals surface area contributed by atoms with Gasteiger partial charge in [0.1, 0.15) is 25.0 Å². The Morgan fingerprint density at radius 1 is 0.846 bits per heavy atom. The predicted octanol–water partition coefficient (Wildman–Crippen LogP) is 4.23. The molecule has 0 saturated heterocycles. The van der Waals surface area contributed by atoms with E-state index in [4.69, 9.17) is 18.9 Å². The van der Waals surface area contributed by atoms with E-state index in [1.54, 1.807) is 45.2 Å². The van der Waals surface area contributed by atoms with Crippen LogP contribution in [-0.4, -0.2) is 35.8 Å². The molecule has 1 aromatic heterocycles. The van der Waals surface area contributed by atoms with Gasteiger partial charge in [-0.1, -0.05) is 56.3 Å². The van der Waals surface area contributed by atoms with Gasteiger partial charge in [-0.15, -0.1) is 0 Å². The average Bonchev–Trinajstić information content (AvgIpc) is 2.94. The van der Waals surface area contributed by atoms with Crippen LogP contribution in [-0.2, 0) is 32.2 Å². The summed E-state index contributed by atoms with van der Waals surface area (Å²) in [6.45, 7) is 5.02. The Morgan fingerprint density at radius 3 is 2.13 bits per heavy atom. The lowest BCUT2D eigenvalue weighted by atomic mass is 10.1. The minimum Gasteiger partial charge on any atom is -0.497 e. The molecule has 0 aliphatic rings. The summed E-state index contributed by atoms with van der Waals surface area (Å²) in [5.41, 5.74) is 1.17. The van der Waals surface area contributed by atoms with E-state index < -0.39 is 35.9 Å². The smallest absolute Gasteiger partial charge is 0.408 e. The molecule has 39 heavy (non-hydrogen) atoms. The van der Waals surface area contributed by atoms with Gasteiger partial charge < -0.3 is 24.3 Å². The van der Waals surface area contributed by atoms with Crippen LogP contribution >= 0.6 is 0 Å². The Labute approximate surface area is 226 Å². The highest BCUT2D eigenvalue weighted by Gasteiger charge is 2.28. The number of benzene rings is 2.